The molecule has 0 radical (unpaired) electrons. The van der Waals surface area contributed by atoms with Crippen molar-refractivity contribution in [1.29, 1.82) is 0 Å². The predicted octanol–water partition coefficient (Wildman–Crippen LogP) is 3.75. The first-order valence-electron chi connectivity index (χ1n) is 5.28. The van der Waals surface area contributed by atoms with Crippen molar-refractivity contribution < 1.29 is 5.11 Å². The van der Waals surface area contributed by atoms with Crippen LogP contribution in [0.2, 0.25) is 0 Å². The van der Waals surface area contributed by atoms with Crippen molar-refractivity contribution in [3.8, 4) is 5.75 Å². The number of phenols is 1. The summed E-state index contributed by atoms with van der Waals surface area (Å²) in [5.74, 6) is 0.283. The van der Waals surface area contributed by atoms with Gasteiger partial charge in [0.05, 0.1) is 0 Å². The van der Waals surface area contributed by atoms with E-state index in [-0.39, 0.29) is 5.75 Å². The molecule has 0 aliphatic heterocycles. The van der Waals surface area contributed by atoms with Gasteiger partial charge in [-0.15, -0.1) is 0 Å². The number of nitrogens with one attached hydrogen (secondary N) is 1. The van der Waals surface area contributed by atoms with Gasteiger partial charge in [-0.3, -0.25) is 0 Å². The Kier molecular flexibility index (Phi) is 2.82. The van der Waals surface area contributed by atoms with Gasteiger partial charge in [0, 0.05) is 11.4 Å². The van der Waals surface area contributed by atoms with Crippen molar-refractivity contribution in [2.45, 2.75) is 13.8 Å². The van der Waals surface area contributed by atoms with Crippen molar-refractivity contribution in [2.24, 2.45) is 0 Å². The molecule has 0 aromatic heterocycles. The summed E-state index contributed by atoms with van der Waals surface area (Å²) in [6.07, 6.45) is 0. The molecule has 0 bridgehead atoms. The Labute approximate surface area is 95.6 Å². The van der Waals surface area contributed by atoms with E-state index in [0.717, 1.165) is 11.4 Å². The summed E-state index contributed by atoms with van der Waals surface area (Å²) in [5.41, 5.74) is 4.52. The van der Waals surface area contributed by atoms with Crippen molar-refractivity contribution in [2.75, 3.05) is 5.32 Å². The second-order valence-electron chi connectivity index (χ2n) is 4.05. The minimum Gasteiger partial charge on any atom is -0.508 e. The molecule has 0 spiro atoms. The number of aromatic hydroxyl groups is 1. The van der Waals surface area contributed by atoms with Gasteiger partial charge in [0.1, 0.15) is 5.75 Å². The largest absolute Gasteiger partial charge is 0.508 e. The number of hydrogen-bond acceptors (Lipinski definition) is 2. The summed E-state index contributed by atoms with van der Waals surface area (Å²) in [4.78, 5) is 0. The summed E-state index contributed by atoms with van der Waals surface area (Å²) in [5, 5.41) is 12.5. The molecule has 2 rings (SSSR count). The first-order chi connectivity index (χ1) is 7.63. The smallest absolute Gasteiger partial charge is 0.115 e. The molecular formula is C14H15NO. The van der Waals surface area contributed by atoms with Crippen LogP contribution in [-0.4, -0.2) is 5.11 Å². The van der Waals surface area contributed by atoms with Gasteiger partial charge in [0.25, 0.3) is 0 Å². The third-order valence-corrected chi connectivity index (χ3v) is 2.38. The van der Waals surface area contributed by atoms with E-state index in [1.807, 2.05) is 12.1 Å². The lowest BCUT2D eigenvalue weighted by Crippen LogP contribution is -1.91. The highest BCUT2D eigenvalue weighted by molar-refractivity contribution is 5.61. The van der Waals surface area contributed by atoms with Gasteiger partial charge in [0.2, 0.25) is 0 Å². The fourth-order valence-corrected chi connectivity index (χ4v) is 1.76. The standard InChI is InChI=1S/C14H15NO/c1-10-7-11(2)9-13(8-10)15-12-3-5-14(16)6-4-12/h3-9,15-16H,1-2H3. The van der Waals surface area contributed by atoms with Crippen LogP contribution in [0.15, 0.2) is 42.5 Å². The minimum absolute atomic E-state index is 0.283. The predicted molar refractivity (Wildman–Crippen MR) is 67.3 cm³/mol. The van der Waals surface area contributed by atoms with Crippen molar-refractivity contribution >= 4 is 11.4 Å². The number of hydrogen-bond donors (Lipinski definition) is 2. The summed E-state index contributed by atoms with van der Waals surface area (Å²) >= 11 is 0. The molecule has 2 aromatic rings. The molecule has 82 valence electrons. The first-order valence-corrected chi connectivity index (χ1v) is 5.28. The molecule has 0 aliphatic carbocycles. The van der Waals surface area contributed by atoms with Crippen LogP contribution < -0.4 is 5.32 Å². The molecule has 2 heteroatoms. The summed E-state index contributed by atoms with van der Waals surface area (Å²) in [6.45, 7) is 4.16. The van der Waals surface area contributed by atoms with Gasteiger partial charge in [0.15, 0.2) is 0 Å². The van der Waals surface area contributed by atoms with Gasteiger partial charge >= 0.3 is 0 Å². The molecule has 0 atom stereocenters. The Bertz CT molecular complexity index is 468. The van der Waals surface area contributed by atoms with Crippen LogP contribution in [0.3, 0.4) is 0 Å². The molecule has 0 heterocycles. The zero-order valence-electron chi connectivity index (χ0n) is 9.49. The third-order valence-electron chi connectivity index (χ3n) is 2.38. The molecule has 2 N–H and O–H groups in total. The average molecular weight is 213 g/mol. The first kappa shape index (κ1) is 10.6. The minimum atomic E-state index is 0.283. The van der Waals surface area contributed by atoms with E-state index in [1.165, 1.54) is 11.1 Å². The van der Waals surface area contributed by atoms with Crippen molar-refractivity contribution in [3.05, 3.63) is 53.6 Å². The molecule has 0 fully saturated rings. The Morgan fingerprint density at radius 3 is 1.94 bits per heavy atom. The van der Waals surface area contributed by atoms with Crippen LogP contribution >= 0.6 is 0 Å². The van der Waals surface area contributed by atoms with E-state index >= 15 is 0 Å². The summed E-state index contributed by atoms with van der Waals surface area (Å²) in [7, 11) is 0. The average Bonchev–Trinajstić information content (AvgIpc) is 2.20. The molecule has 16 heavy (non-hydrogen) atoms. The van der Waals surface area contributed by atoms with Crippen molar-refractivity contribution in [3.63, 3.8) is 0 Å². The van der Waals surface area contributed by atoms with Gasteiger partial charge in [-0.2, -0.15) is 0 Å². The van der Waals surface area contributed by atoms with E-state index in [0.29, 0.717) is 0 Å². The quantitative estimate of drug-likeness (QED) is 0.744. The molecule has 0 aliphatic rings. The monoisotopic (exact) mass is 213 g/mol. The normalized spacial score (nSPS) is 10.1. The highest BCUT2D eigenvalue weighted by atomic mass is 16.3. The van der Waals surface area contributed by atoms with Crippen LogP contribution in [0.1, 0.15) is 11.1 Å². The second kappa shape index (κ2) is 4.27. The van der Waals surface area contributed by atoms with Crippen LogP contribution in [0.25, 0.3) is 0 Å². The van der Waals surface area contributed by atoms with E-state index in [4.69, 9.17) is 0 Å². The van der Waals surface area contributed by atoms with E-state index in [2.05, 4.69) is 37.4 Å². The highest BCUT2D eigenvalue weighted by Crippen LogP contribution is 2.21. The van der Waals surface area contributed by atoms with Crippen LogP contribution in [0.5, 0.6) is 5.75 Å². The van der Waals surface area contributed by atoms with Gasteiger partial charge < -0.3 is 10.4 Å². The van der Waals surface area contributed by atoms with Gasteiger partial charge in [-0.1, -0.05) is 6.07 Å². The zero-order chi connectivity index (χ0) is 11.5. The molecule has 0 amide bonds. The topological polar surface area (TPSA) is 32.3 Å². The van der Waals surface area contributed by atoms with Crippen molar-refractivity contribution in [1.82, 2.24) is 0 Å². The lowest BCUT2D eigenvalue weighted by atomic mass is 10.1. The molecule has 0 saturated heterocycles. The zero-order valence-corrected chi connectivity index (χ0v) is 9.49. The lowest BCUT2D eigenvalue weighted by molar-refractivity contribution is 0.475. The third kappa shape index (κ3) is 2.54. The maximum absolute atomic E-state index is 9.18. The maximum Gasteiger partial charge on any atom is 0.115 e. The van der Waals surface area contributed by atoms with Crippen LogP contribution in [0, 0.1) is 13.8 Å². The molecule has 0 unspecified atom stereocenters. The van der Waals surface area contributed by atoms with E-state index < -0.39 is 0 Å². The van der Waals surface area contributed by atoms with E-state index in [9.17, 15) is 5.11 Å². The Balaban J connectivity index is 2.23. The number of phenolic OH excluding ortho intramolecular Hbond substituents is 1. The second-order valence-corrected chi connectivity index (χ2v) is 4.05. The number of benzene rings is 2. The van der Waals surface area contributed by atoms with Gasteiger partial charge in [-0.05, 0) is 61.4 Å². The summed E-state index contributed by atoms with van der Waals surface area (Å²) < 4.78 is 0. The fraction of sp³-hybridized carbons (Fsp3) is 0.143. The van der Waals surface area contributed by atoms with Crippen LogP contribution in [0.4, 0.5) is 11.4 Å². The van der Waals surface area contributed by atoms with Gasteiger partial charge in [-0.25, -0.2) is 0 Å². The number of anilines is 2. The fourth-order valence-electron chi connectivity index (χ4n) is 1.76. The number of rotatable bonds is 2. The highest BCUT2D eigenvalue weighted by Gasteiger charge is 1.97. The van der Waals surface area contributed by atoms with E-state index in [1.54, 1.807) is 12.1 Å². The molecule has 2 nitrogen and oxygen atoms in total. The Morgan fingerprint density at radius 1 is 0.812 bits per heavy atom. The molecule has 2 aromatic carbocycles. The maximum atomic E-state index is 9.18. The SMILES string of the molecule is Cc1cc(C)cc(Nc2ccc(O)cc2)c1. The lowest BCUT2D eigenvalue weighted by Gasteiger charge is -2.08. The summed E-state index contributed by atoms with van der Waals surface area (Å²) in [6, 6.07) is 13.4. The number of aryl methyl sites for hydroxylation is 2. The van der Waals surface area contributed by atoms with Crippen LogP contribution in [-0.2, 0) is 0 Å². The Hall–Kier alpha value is -1.96. The molecular weight excluding hydrogens is 198 g/mol. The Morgan fingerprint density at radius 2 is 1.38 bits per heavy atom. The molecule has 0 saturated carbocycles.